The Bertz CT molecular complexity index is 1140. The molecule has 0 saturated heterocycles. The molecule has 0 radical (unpaired) electrons. The van der Waals surface area contributed by atoms with Crippen LogP contribution >= 0.6 is 11.8 Å². The summed E-state index contributed by atoms with van der Waals surface area (Å²) >= 11 is 1.65. The first kappa shape index (κ1) is 26.8. The van der Waals surface area contributed by atoms with Gasteiger partial charge in [0.25, 0.3) is 0 Å². The molecule has 2 aromatic heterocycles. The van der Waals surface area contributed by atoms with Gasteiger partial charge in [-0.3, -0.25) is 4.98 Å². The van der Waals surface area contributed by atoms with Gasteiger partial charge in [0.15, 0.2) is 5.16 Å². The van der Waals surface area contributed by atoms with Gasteiger partial charge in [-0.15, -0.1) is 0 Å². The van der Waals surface area contributed by atoms with Crippen LogP contribution in [-0.4, -0.2) is 26.6 Å². The molecular weight excluding hydrogens is 456 g/mol. The monoisotopic (exact) mass is 494 g/mol. The van der Waals surface area contributed by atoms with Crippen molar-refractivity contribution in [3.8, 4) is 11.1 Å². The lowest BCUT2D eigenvalue weighted by atomic mass is 9.85. The van der Waals surface area contributed by atoms with Crippen LogP contribution in [0.5, 0.6) is 0 Å². The number of aromatic nitrogens is 3. The SMILES string of the molecule is Cc1ccc(-c2c(CSc3ncc[nH]3)c(C)nc(CC(C)(C)C)c2CNC(=O)OC(C)(C)C)cc1. The Morgan fingerprint density at radius 3 is 2.31 bits per heavy atom. The van der Waals surface area contributed by atoms with Crippen molar-refractivity contribution in [2.45, 2.75) is 84.9 Å². The van der Waals surface area contributed by atoms with Crippen molar-refractivity contribution >= 4 is 17.9 Å². The number of alkyl carbamates (subject to hydrolysis) is 1. The topological polar surface area (TPSA) is 79.9 Å². The molecule has 0 spiro atoms. The quantitative estimate of drug-likeness (QED) is 0.346. The average Bonchev–Trinajstić information content (AvgIpc) is 3.24. The molecule has 6 nitrogen and oxygen atoms in total. The third-order valence-corrected chi connectivity index (χ3v) is 6.29. The Kier molecular flexibility index (Phi) is 8.31. The molecule has 3 aromatic rings. The van der Waals surface area contributed by atoms with E-state index in [2.05, 4.69) is 74.2 Å². The second-order valence-corrected chi connectivity index (χ2v) is 12.1. The van der Waals surface area contributed by atoms with Crippen LogP contribution in [0.3, 0.4) is 0 Å². The van der Waals surface area contributed by atoms with Crippen LogP contribution in [0.25, 0.3) is 11.1 Å². The predicted molar refractivity (Wildman–Crippen MR) is 144 cm³/mol. The molecule has 0 aliphatic rings. The number of amides is 1. The molecule has 0 aliphatic heterocycles. The maximum absolute atomic E-state index is 12.6. The van der Waals surface area contributed by atoms with Gasteiger partial charge in [-0.2, -0.15) is 0 Å². The second kappa shape index (κ2) is 10.9. The van der Waals surface area contributed by atoms with Crippen LogP contribution in [0, 0.1) is 19.3 Å². The number of thioether (sulfide) groups is 1. The Labute approximate surface area is 213 Å². The van der Waals surface area contributed by atoms with Gasteiger partial charge in [0.05, 0.1) is 0 Å². The number of hydrogen-bond acceptors (Lipinski definition) is 5. The number of ether oxygens (including phenoxy) is 1. The van der Waals surface area contributed by atoms with Crippen molar-refractivity contribution in [3.05, 3.63) is 64.7 Å². The van der Waals surface area contributed by atoms with Crippen molar-refractivity contribution < 1.29 is 9.53 Å². The predicted octanol–water partition coefficient (Wildman–Crippen LogP) is 6.99. The first-order chi connectivity index (χ1) is 16.3. The summed E-state index contributed by atoms with van der Waals surface area (Å²) in [5, 5.41) is 3.86. The van der Waals surface area contributed by atoms with E-state index in [-0.39, 0.29) is 5.41 Å². The summed E-state index contributed by atoms with van der Waals surface area (Å²) < 4.78 is 5.52. The van der Waals surface area contributed by atoms with Gasteiger partial charge in [0.2, 0.25) is 0 Å². The van der Waals surface area contributed by atoms with E-state index in [4.69, 9.17) is 9.72 Å². The number of carbonyl (C=O) groups is 1. The number of H-pyrrole nitrogens is 1. The zero-order chi connectivity index (χ0) is 25.8. The highest BCUT2D eigenvalue weighted by molar-refractivity contribution is 7.98. The summed E-state index contributed by atoms with van der Waals surface area (Å²) in [6, 6.07) is 8.57. The third kappa shape index (κ3) is 7.85. The van der Waals surface area contributed by atoms with Crippen molar-refractivity contribution in [3.63, 3.8) is 0 Å². The number of aryl methyl sites for hydroxylation is 2. The number of nitrogens with one attached hydrogen (secondary N) is 2. The molecule has 35 heavy (non-hydrogen) atoms. The number of carbonyl (C=O) groups excluding carboxylic acids is 1. The molecule has 0 fully saturated rings. The standard InChI is InChI=1S/C28H38N4O2S/c1-18-9-11-20(12-10-18)24-21(16-31-26(33)34-28(6,7)8)23(15-27(3,4)5)32-19(2)22(24)17-35-25-29-13-14-30-25/h9-14H,15-17H2,1-8H3,(H,29,30)(H,31,33). The fourth-order valence-corrected chi connectivity index (χ4v) is 4.80. The minimum absolute atomic E-state index is 0.0368. The van der Waals surface area contributed by atoms with Crippen LogP contribution in [0.2, 0.25) is 0 Å². The minimum Gasteiger partial charge on any atom is -0.444 e. The molecule has 1 aromatic carbocycles. The van der Waals surface area contributed by atoms with Gasteiger partial charge >= 0.3 is 6.09 Å². The molecule has 1 amide bonds. The summed E-state index contributed by atoms with van der Waals surface area (Å²) in [6.45, 7) is 16.7. The third-order valence-electron chi connectivity index (χ3n) is 5.36. The Balaban J connectivity index is 2.12. The van der Waals surface area contributed by atoms with Crippen LogP contribution < -0.4 is 5.32 Å². The summed E-state index contributed by atoms with van der Waals surface area (Å²) in [6.07, 6.45) is 3.96. The minimum atomic E-state index is -0.561. The van der Waals surface area contributed by atoms with E-state index < -0.39 is 11.7 Å². The summed E-state index contributed by atoms with van der Waals surface area (Å²) in [7, 11) is 0. The number of rotatable bonds is 7. The molecular formula is C28H38N4O2S. The van der Waals surface area contributed by atoms with Gasteiger partial charge < -0.3 is 15.0 Å². The van der Waals surface area contributed by atoms with Gasteiger partial charge in [-0.05, 0) is 63.1 Å². The van der Waals surface area contributed by atoms with Crippen LogP contribution in [0.15, 0.2) is 41.8 Å². The van der Waals surface area contributed by atoms with Gasteiger partial charge in [-0.1, -0.05) is 62.4 Å². The first-order valence-corrected chi connectivity index (χ1v) is 13.0. The zero-order valence-electron chi connectivity index (χ0n) is 22.2. The van der Waals surface area contributed by atoms with E-state index in [1.54, 1.807) is 18.0 Å². The van der Waals surface area contributed by atoms with Crippen LogP contribution in [-0.2, 0) is 23.5 Å². The molecule has 0 bridgehead atoms. The highest BCUT2D eigenvalue weighted by Gasteiger charge is 2.24. The number of aromatic amines is 1. The molecule has 2 N–H and O–H groups in total. The van der Waals surface area contributed by atoms with Crippen LogP contribution in [0.1, 0.15) is 69.6 Å². The van der Waals surface area contributed by atoms with Gasteiger partial charge in [0.1, 0.15) is 5.60 Å². The smallest absolute Gasteiger partial charge is 0.407 e. The Morgan fingerprint density at radius 1 is 1.06 bits per heavy atom. The van der Waals surface area contributed by atoms with Crippen LogP contribution in [0.4, 0.5) is 4.79 Å². The fourth-order valence-electron chi connectivity index (χ4n) is 3.87. The molecule has 0 atom stereocenters. The fraction of sp³-hybridized carbons (Fsp3) is 0.464. The highest BCUT2D eigenvalue weighted by atomic mass is 32.2. The van der Waals surface area contributed by atoms with E-state index in [9.17, 15) is 4.79 Å². The number of nitrogens with zero attached hydrogens (tertiary/aromatic N) is 2. The molecule has 0 saturated carbocycles. The molecule has 0 aliphatic carbocycles. The lowest BCUT2D eigenvalue weighted by molar-refractivity contribution is 0.0523. The lowest BCUT2D eigenvalue weighted by Gasteiger charge is -2.25. The normalized spacial score (nSPS) is 12.0. The number of pyridine rings is 1. The summed E-state index contributed by atoms with van der Waals surface area (Å²) in [4.78, 5) is 25.2. The maximum atomic E-state index is 12.6. The Hall–Kier alpha value is -2.80. The van der Waals surface area contributed by atoms with Gasteiger partial charge in [0, 0.05) is 41.6 Å². The van der Waals surface area contributed by atoms with E-state index in [1.807, 2.05) is 27.0 Å². The molecule has 7 heteroatoms. The van der Waals surface area contributed by atoms with Crippen molar-refractivity contribution in [1.29, 1.82) is 0 Å². The number of benzene rings is 1. The zero-order valence-corrected chi connectivity index (χ0v) is 23.0. The maximum Gasteiger partial charge on any atom is 0.407 e. The molecule has 3 rings (SSSR count). The molecule has 2 heterocycles. The first-order valence-electron chi connectivity index (χ1n) is 12.0. The van der Waals surface area contributed by atoms with E-state index in [0.717, 1.165) is 45.2 Å². The number of imidazole rings is 1. The average molecular weight is 495 g/mol. The lowest BCUT2D eigenvalue weighted by Crippen LogP contribution is -2.33. The number of hydrogen-bond donors (Lipinski definition) is 2. The second-order valence-electron chi connectivity index (χ2n) is 11.1. The summed E-state index contributed by atoms with van der Waals surface area (Å²) in [5.41, 5.74) is 7.12. The highest BCUT2D eigenvalue weighted by Crippen LogP contribution is 2.37. The Morgan fingerprint density at radius 2 is 1.74 bits per heavy atom. The van der Waals surface area contributed by atoms with E-state index >= 15 is 0 Å². The summed E-state index contributed by atoms with van der Waals surface area (Å²) in [5.74, 6) is 0.713. The van der Waals surface area contributed by atoms with E-state index in [1.165, 1.54) is 5.56 Å². The van der Waals surface area contributed by atoms with E-state index in [0.29, 0.717) is 12.3 Å². The van der Waals surface area contributed by atoms with Crippen molar-refractivity contribution in [2.75, 3.05) is 0 Å². The van der Waals surface area contributed by atoms with Gasteiger partial charge in [-0.25, -0.2) is 9.78 Å². The molecule has 0 unspecified atom stereocenters. The van der Waals surface area contributed by atoms with Crippen molar-refractivity contribution in [1.82, 2.24) is 20.3 Å². The largest absolute Gasteiger partial charge is 0.444 e. The molecule has 188 valence electrons. The van der Waals surface area contributed by atoms with Crippen molar-refractivity contribution in [2.24, 2.45) is 5.41 Å².